The van der Waals surface area contributed by atoms with Crippen molar-refractivity contribution in [3.8, 4) is 0 Å². The molecule has 0 N–H and O–H groups in total. The van der Waals surface area contributed by atoms with Crippen LogP contribution in [0.3, 0.4) is 0 Å². The first-order chi connectivity index (χ1) is 10.4. The lowest BCUT2D eigenvalue weighted by Crippen LogP contribution is -1.78. The van der Waals surface area contributed by atoms with Crippen LogP contribution in [0.1, 0.15) is 0 Å². The molecule has 7 aromatic rings. The zero-order valence-electron chi connectivity index (χ0n) is 11.0. The Morgan fingerprint density at radius 2 is 0.524 bits per heavy atom. The van der Waals surface area contributed by atoms with Gasteiger partial charge in [0.1, 0.15) is 0 Å². The van der Waals surface area contributed by atoms with Gasteiger partial charge in [-0.3, -0.25) is 0 Å². The van der Waals surface area contributed by atoms with Crippen LogP contribution in [-0.2, 0) is 0 Å². The Morgan fingerprint density at radius 3 is 0.714 bits per heavy atom. The van der Waals surface area contributed by atoms with E-state index in [9.17, 15) is 0 Å². The van der Waals surface area contributed by atoms with E-state index in [1.54, 1.807) is 63.0 Å². The second-order valence-corrected chi connectivity index (χ2v) is 10.1. The molecule has 0 saturated carbocycles. The molecule has 0 spiro atoms. The van der Waals surface area contributed by atoms with Gasteiger partial charge in [0.15, 0.2) is 0 Å². The molecule has 0 nitrogen and oxygen atoms in total. The predicted molar refractivity (Wildman–Crippen MR) is 104 cm³/mol. The van der Waals surface area contributed by atoms with Crippen LogP contribution in [0.15, 0.2) is 36.4 Å². The molecule has 0 bridgehead atoms. The Morgan fingerprint density at radius 1 is 0.333 bits per heavy atom. The van der Waals surface area contributed by atoms with Gasteiger partial charge in [-0.15, -0.1) is 24.6 Å². The van der Waals surface area contributed by atoms with Gasteiger partial charge in [-0.2, -0.15) is 0 Å². The average molecular weight is 318 g/mol. The van der Waals surface area contributed by atoms with Crippen LogP contribution in [-0.4, -0.2) is 0 Å². The molecule has 0 unspecified atom stereocenters. The van der Waals surface area contributed by atoms with E-state index in [0.717, 1.165) is 24.6 Å². The second kappa shape index (κ2) is 3.02. The smallest absolute Gasteiger partial charge is 0.00303 e. The molecule has 0 amide bonds. The fraction of sp³-hybridized carbons (Fsp3) is 0. The van der Waals surface area contributed by atoms with Crippen LogP contribution in [0.2, 0.25) is 0 Å². The SMILES string of the molecule is c1cc2[pH]c3ccc4[pH]c5ccc6[pH]c1c1c2c3c4c5c61. The monoisotopic (exact) mass is 318 g/mol. The summed E-state index contributed by atoms with van der Waals surface area (Å²) in [6, 6.07) is 14.4. The molecule has 21 heavy (non-hydrogen) atoms. The van der Waals surface area contributed by atoms with Crippen LogP contribution in [0.5, 0.6) is 0 Å². The first-order valence-corrected chi connectivity index (χ1v) is 10.2. The lowest BCUT2D eigenvalue weighted by Gasteiger charge is -2.07. The van der Waals surface area contributed by atoms with Crippen molar-refractivity contribution in [3.05, 3.63) is 36.4 Å². The van der Waals surface area contributed by atoms with E-state index in [-0.39, 0.29) is 0 Å². The largest absolute Gasteiger partial charge is 0.123 e. The molecule has 3 aromatic heterocycles. The predicted octanol–water partition coefficient (Wildman–Crippen LogP) is 7.01. The summed E-state index contributed by atoms with van der Waals surface area (Å²) in [6.07, 6.45) is 0. The summed E-state index contributed by atoms with van der Waals surface area (Å²) in [6.45, 7) is 0. The maximum absolute atomic E-state index is 2.40. The van der Waals surface area contributed by atoms with E-state index >= 15 is 0 Å². The number of rotatable bonds is 0. The van der Waals surface area contributed by atoms with Gasteiger partial charge in [-0.05, 0) is 36.4 Å². The molecule has 4 aromatic carbocycles. The molecule has 7 rings (SSSR count). The zero-order valence-corrected chi connectivity index (χ0v) is 14.0. The van der Waals surface area contributed by atoms with Gasteiger partial charge in [0, 0.05) is 63.0 Å². The van der Waals surface area contributed by atoms with Crippen molar-refractivity contribution < 1.29 is 0 Å². The quantitative estimate of drug-likeness (QED) is 0.264. The van der Waals surface area contributed by atoms with Gasteiger partial charge in [0.05, 0.1) is 0 Å². The Bertz CT molecular complexity index is 1120. The third-order valence-electron chi connectivity index (χ3n) is 5.17. The molecule has 96 valence electrons. The lowest BCUT2D eigenvalue weighted by molar-refractivity contribution is 2.03. The molecule has 0 aliphatic rings. The van der Waals surface area contributed by atoms with Crippen molar-refractivity contribution in [2.24, 2.45) is 0 Å². The molecule has 3 heteroatoms. The molecule has 3 heterocycles. The molecular formula is C18H9P3. The third kappa shape index (κ3) is 0.941. The summed E-state index contributed by atoms with van der Waals surface area (Å²) < 4.78 is 0. The molecule has 0 radical (unpaired) electrons. The van der Waals surface area contributed by atoms with Crippen LogP contribution in [0, 0.1) is 0 Å². The molecule has 0 atom stereocenters. The highest BCUT2D eigenvalue weighted by molar-refractivity contribution is 7.47. The highest BCUT2D eigenvalue weighted by atomic mass is 31.0. The van der Waals surface area contributed by atoms with E-state index in [1.807, 2.05) is 0 Å². The summed E-state index contributed by atoms with van der Waals surface area (Å²) in [5, 5.41) is 19.2. The van der Waals surface area contributed by atoms with Crippen molar-refractivity contribution in [1.29, 1.82) is 0 Å². The van der Waals surface area contributed by atoms with Gasteiger partial charge in [-0.25, -0.2) is 0 Å². The van der Waals surface area contributed by atoms with Crippen LogP contribution in [0.25, 0.3) is 63.0 Å². The average Bonchev–Trinajstić information content (AvgIpc) is 3.14. The second-order valence-electron chi connectivity index (χ2n) is 6.11. The van der Waals surface area contributed by atoms with Crippen molar-refractivity contribution >= 4 is 87.6 Å². The minimum absolute atomic E-state index is 0.857. The fourth-order valence-electron chi connectivity index (χ4n) is 4.43. The summed E-state index contributed by atoms with van der Waals surface area (Å²) >= 11 is 0. The summed E-state index contributed by atoms with van der Waals surface area (Å²) in [7, 11) is 2.57. The lowest BCUT2D eigenvalue weighted by atomic mass is 9.95. The van der Waals surface area contributed by atoms with Crippen molar-refractivity contribution in [3.63, 3.8) is 0 Å². The van der Waals surface area contributed by atoms with E-state index in [1.165, 1.54) is 0 Å². The standard InChI is InChI=1S/C18H9P3/c1-2-8-14-13-7(1)19-9-3-4-11-17(15(9)13)18-12(21-11)6-5-10(20-8)16(14)18/h1-6,19-21H. The molecule has 0 aliphatic carbocycles. The van der Waals surface area contributed by atoms with Crippen molar-refractivity contribution in [1.82, 2.24) is 0 Å². The maximum Gasteiger partial charge on any atom is 0.00303 e. The summed E-state index contributed by atoms with van der Waals surface area (Å²) in [4.78, 5) is 0. The van der Waals surface area contributed by atoms with Gasteiger partial charge in [0.25, 0.3) is 0 Å². The van der Waals surface area contributed by atoms with E-state index in [2.05, 4.69) is 36.4 Å². The van der Waals surface area contributed by atoms with Gasteiger partial charge < -0.3 is 0 Å². The highest BCUT2D eigenvalue weighted by Crippen LogP contribution is 2.57. The Kier molecular flexibility index (Phi) is 1.48. The van der Waals surface area contributed by atoms with Gasteiger partial charge in [-0.1, -0.05) is 0 Å². The normalized spacial score (nSPS) is 14.9. The zero-order chi connectivity index (χ0) is 13.3. The summed E-state index contributed by atoms with van der Waals surface area (Å²) in [5.74, 6) is 0. The van der Waals surface area contributed by atoms with Crippen LogP contribution in [0.4, 0.5) is 0 Å². The molecule has 0 aliphatic heterocycles. The number of hydrogen-bond acceptors (Lipinski definition) is 0. The minimum atomic E-state index is 0.857. The Labute approximate surface area is 124 Å². The topological polar surface area (TPSA) is 0 Å². The van der Waals surface area contributed by atoms with Crippen molar-refractivity contribution in [2.45, 2.75) is 0 Å². The Balaban J connectivity index is 2.18. The number of hydrogen-bond donors (Lipinski definition) is 0. The third-order valence-corrected chi connectivity index (χ3v) is 9.29. The first kappa shape index (κ1) is 10.3. The van der Waals surface area contributed by atoms with Crippen LogP contribution < -0.4 is 0 Å². The minimum Gasteiger partial charge on any atom is -0.123 e. The highest BCUT2D eigenvalue weighted by Gasteiger charge is 2.22. The summed E-state index contributed by atoms with van der Waals surface area (Å²) in [5.41, 5.74) is 0. The Hall–Kier alpha value is -1.44. The molecular weight excluding hydrogens is 309 g/mol. The van der Waals surface area contributed by atoms with Gasteiger partial charge in [0.2, 0.25) is 0 Å². The molecule has 0 saturated heterocycles. The van der Waals surface area contributed by atoms with E-state index in [4.69, 9.17) is 0 Å². The fourth-order valence-corrected chi connectivity index (χ4v) is 8.55. The first-order valence-electron chi connectivity index (χ1n) is 7.23. The van der Waals surface area contributed by atoms with Crippen LogP contribution >= 0.6 is 24.6 Å². The maximum atomic E-state index is 2.40. The molecule has 0 fully saturated rings. The van der Waals surface area contributed by atoms with E-state index in [0.29, 0.717) is 0 Å². The number of benzene rings is 4. The van der Waals surface area contributed by atoms with Gasteiger partial charge >= 0.3 is 0 Å². The van der Waals surface area contributed by atoms with E-state index < -0.39 is 0 Å². The van der Waals surface area contributed by atoms with Crippen molar-refractivity contribution in [2.75, 3.05) is 0 Å².